The molecule has 9 aliphatic rings. The summed E-state index contributed by atoms with van der Waals surface area (Å²) in [5, 5.41) is 79.9. The monoisotopic (exact) mass is 844 g/mol. The van der Waals surface area contributed by atoms with Gasteiger partial charge in [0.05, 0.1) is 35.3 Å². The summed E-state index contributed by atoms with van der Waals surface area (Å²) >= 11 is 0. The van der Waals surface area contributed by atoms with Gasteiger partial charge in [0.15, 0.2) is 5.78 Å². The molecule has 15 nitrogen and oxygen atoms in total. The van der Waals surface area contributed by atoms with Gasteiger partial charge in [0, 0.05) is 47.1 Å². The number of phenols is 2. The van der Waals surface area contributed by atoms with Crippen LogP contribution in [0.25, 0.3) is 10.8 Å². The van der Waals surface area contributed by atoms with Crippen molar-refractivity contribution in [3.05, 3.63) is 51.6 Å². The standard InChI is InChI=1S/C46H56N2O13/c1-20-32(21(2)50)36(53)34-25(35(20)52)13-22(41(56)57)14-30(34)59-42-37(54)39(55)46-16-27-33-24(29(61-46)9-8-28(51)40(46)60-42)6-7-26(33)44(11-4-12-49)19-58-17-23-15-43-10-3-5-31(43)47-48-45(27,18-43)38(23)44/h7,13-14,23,27-29,31,37-40,42,47-49,51-55H,3-6,8-12,15-19H2,1-2H3,(H,56,57). The summed E-state index contributed by atoms with van der Waals surface area (Å²) < 4.78 is 26.8. The fourth-order valence-corrected chi connectivity index (χ4v) is 15.0. The molecule has 7 fully saturated rings. The lowest BCUT2D eigenvalue weighted by Gasteiger charge is -2.72. The van der Waals surface area contributed by atoms with Gasteiger partial charge in [0.25, 0.3) is 0 Å². The number of phenolic OH excluding ortho intramolecular Hbond substituents is 2. The van der Waals surface area contributed by atoms with Crippen molar-refractivity contribution in [2.45, 2.75) is 138 Å². The lowest BCUT2D eigenvalue weighted by Crippen LogP contribution is -2.81. The number of carbonyl (C=O) groups is 2. The number of ketones is 1. The number of aliphatic hydroxyl groups is 4. The first-order valence-corrected chi connectivity index (χ1v) is 22.2. The molecular formula is C46H56N2O13. The zero-order valence-electron chi connectivity index (χ0n) is 34.5. The normalized spacial score (nSPS) is 43.0. The largest absolute Gasteiger partial charge is 0.507 e. The second kappa shape index (κ2) is 13.7. The maximum Gasteiger partial charge on any atom is 0.335 e. The van der Waals surface area contributed by atoms with E-state index in [4.69, 9.17) is 18.9 Å². The number of Topliss-reactive ketones (excluding diaryl/α,β-unsaturated/α-hetero) is 1. The number of rotatable bonds is 7. The summed E-state index contributed by atoms with van der Waals surface area (Å²) in [6.45, 7) is 3.91. The predicted octanol–water partition coefficient (Wildman–Crippen LogP) is 3.43. The number of fused-ring (bicyclic) bond motifs is 4. The minimum atomic E-state index is -1.81. The number of carboxylic acid groups (broad SMARTS) is 1. The fraction of sp³-hybridized carbons (Fsp3) is 0.652. The molecular weight excluding hydrogens is 789 g/mol. The van der Waals surface area contributed by atoms with Crippen LogP contribution in [0.15, 0.2) is 34.9 Å². The molecule has 4 saturated heterocycles. The van der Waals surface area contributed by atoms with Gasteiger partial charge in [-0.3, -0.25) is 15.6 Å². The van der Waals surface area contributed by atoms with Crippen LogP contribution in [0.3, 0.4) is 0 Å². The van der Waals surface area contributed by atoms with Crippen molar-refractivity contribution in [1.29, 1.82) is 0 Å². The molecule has 5 aliphatic heterocycles. The Balaban J connectivity index is 1.04. The number of aliphatic hydroxyl groups excluding tert-OH is 4. The van der Waals surface area contributed by atoms with E-state index in [0.29, 0.717) is 38.5 Å². The highest BCUT2D eigenvalue weighted by Gasteiger charge is 2.75. The number of hydrogen-bond acceptors (Lipinski definition) is 14. The molecule has 5 heterocycles. The molecule has 3 spiro atoms. The number of allylic oxidation sites excluding steroid dienone is 1. The lowest BCUT2D eigenvalue weighted by atomic mass is 9.39. The average Bonchev–Trinajstić information content (AvgIpc) is 3.78. The van der Waals surface area contributed by atoms with Gasteiger partial charge in [-0.2, -0.15) is 0 Å². The van der Waals surface area contributed by atoms with Crippen LogP contribution in [0.2, 0.25) is 0 Å². The number of carboxylic acids is 1. The second-order valence-corrected chi connectivity index (χ2v) is 19.9. The van der Waals surface area contributed by atoms with Crippen molar-refractivity contribution in [2.24, 2.45) is 28.6 Å². The maximum absolute atomic E-state index is 12.8. The molecule has 2 aromatic rings. The second-order valence-electron chi connectivity index (χ2n) is 19.9. The number of aromatic carboxylic acids is 1. The molecule has 0 radical (unpaired) electrons. The molecule has 3 saturated carbocycles. The quantitative estimate of drug-likeness (QED) is 0.144. The molecule has 9 N–H and O–H groups in total. The molecule has 0 aromatic heterocycles. The van der Waals surface area contributed by atoms with Crippen molar-refractivity contribution in [3.63, 3.8) is 0 Å². The van der Waals surface area contributed by atoms with E-state index >= 15 is 0 Å². The molecule has 61 heavy (non-hydrogen) atoms. The van der Waals surface area contributed by atoms with Crippen LogP contribution in [0.5, 0.6) is 17.2 Å². The van der Waals surface area contributed by atoms with Crippen molar-refractivity contribution in [3.8, 4) is 17.2 Å². The number of hydrogen-bond donors (Lipinski definition) is 9. The first-order chi connectivity index (χ1) is 29.2. The van der Waals surface area contributed by atoms with Crippen LogP contribution in [-0.2, 0) is 14.2 Å². The van der Waals surface area contributed by atoms with E-state index in [9.17, 15) is 45.3 Å². The minimum Gasteiger partial charge on any atom is -0.507 e. The Morgan fingerprint density at radius 2 is 1.89 bits per heavy atom. The molecule has 4 aliphatic carbocycles. The predicted molar refractivity (Wildman–Crippen MR) is 216 cm³/mol. The van der Waals surface area contributed by atoms with Crippen LogP contribution in [0.4, 0.5) is 0 Å². The van der Waals surface area contributed by atoms with E-state index in [0.717, 1.165) is 56.2 Å². The molecule has 11 rings (SSSR count). The zero-order valence-corrected chi connectivity index (χ0v) is 34.5. The van der Waals surface area contributed by atoms with Crippen LogP contribution in [0, 0.1) is 35.5 Å². The van der Waals surface area contributed by atoms with E-state index in [1.165, 1.54) is 25.0 Å². The van der Waals surface area contributed by atoms with E-state index in [-0.39, 0.29) is 81.2 Å². The summed E-state index contributed by atoms with van der Waals surface area (Å²) in [6, 6.07) is 2.56. The van der Waals surface area contributed by atoms with E-state index in [1.807, 2.05) is 0 Å². The van der Waals surface area contributed by atoms with Crippen molar-refractivity contribution >= 4 is 22.5 Å². The van der Waals surface area contributed by atoms with Crippen LogP contribution in [-0.4, -0.2) is 121 Å². The smallest absolute Gasteiger partial charge is 0.335 e. The van der Waals surface area contributed by atoms with Gasteiger partial charge in [0.1, 0.15) is 41.2 Å². The molecule has 4 bridgehead atoms. The highest BCUT2D eigenvalue weighted by molar-refractivity contribution is 6.11. The minimum absolute atomic E-state index is 0.0280. The Labute approximate surface area is 352 Å². The third-order valence-electron chi connectivity index (χ3n) is 17.1. The van der Waals surface area contributed by atoms with Gasteiger partial charge in [0.2, 0.25) is 6.29 Å². The van der Waals surface area contributed by atoms with E-state index < -0.39 is 71.2 Å². The Kier molecular flexibility index (Phi) is 9.01. The summed E-state index contributed by atoms with van der Waals surface area (Å²) in [5.74, 6) is -3.10. The summed E-state index contributed by atoms with van der Waals surface area (Å²) in [6.07, 6.45) is 2.36. The average molecular weight is 845 g/mol. The Morgan fingerprint density at radius 3 is 2.66 bits per heavy atom. The van der Waals surface area contributed by atoms with E-state index in [2.05, 4.69) is 16.9 Å². The van der Waals surface area contributed by atoms with Gasteiger partial charge in [-0.25, -0.2) is 4.79 Å². The van der Waals surface area contributed by atoms with Gasteiger partial charge in [-0.15, -0.1) is 0 Å². The first kappa shape index (κ1) is 40.2. The number of benzene rings is 2. The molecule has 14 unspecified atom stereocenters. The van der Waals surface area contributed by atoms with Crippen molar-refractivity contribution < 1.29 is 64.3 Å². The molecule has 15 heteroatoms. The van der Waals surface area contributed by atoms with Gasteiger partial charge < -0.3 is 54.7 Å². The summed E-state index contributed by atoms with van der Waals surface area (Å²) in [4.78, 5) is 25.1. The topological polar surface area (TPSA) is 237 Å². The van der Waals surface area contributed by atoms with Gasteiger partial charge in [-0.1, -0.05) is 12.5 Å². The third kappa shape index (κ3) is 5.24. The number of ether oxygens (including phenoxy) is 4. The fourth-order valence-electron chi connectivity index (χ4n) is 15.0. The number of hydrazine groups is 1. The SMILES string of the molecule is CC(=O)c1c(C)c(O)c2cc(C(=O)O)cc(OC3OC4C(O)CCC5OC4(CC4C6=C5CC=C6C5(CCCO)COCC6CC78CCCC7NNC4(C8)C65)C(O)C3O)c2c1O. The van der Waals surface area contributed by atoms with Crippen LogP contribution < -0.4 is 15.6 Å². The highest BCUT2D eigenvalue weighted by Crippen LogP contribution is 2.73. The van der Waals surface area contributed by atoms with Crippen molar-refractivity contribution in [2.75, 3.05) is 19.8 Å². The Morgan fingerprint density at radius 1 is 1.07 bits per heavy atom. The molecule has 0 amide bonds. The zero-order chi connectivity index (χ0) is 42.5. The van der Waals surface area contributed by atoms with Gasteiger partial charge >= 0.3 is 5.97 Å². The number of carbonyl (C=O) groups excluding carboxylic acids is 1. The number of nitrogens with one attached hydrogen (secondary N) is 2. The third-order valence-corrected chi connectivity index (χ3v) is 17.1. The number of aromatic hydroxyl groups is 2. The first-order valence-electron chi connectivity index (χ1n) is 22.2. The Hall–Kier alpha value is -3.64. The molecule has 328 valence electrons. The lowest BCUT2D eigenvalue weighted by molar-refractivity contribution is -0.337. The van der Waals surface area contributed by atoms with Gasteiger partial charge in [-0.05, 0) is 124 Å². The van der Waals surface area contributed by atoms with Crippen LogP contribution >= 0.6 is 0 Å². The molecule has 2 aromatic carbocycles. The van der Waals surface area contributed by atoms with E-state index in [1.54, 1.807) is 0 Å². The van der Waals surface area contributed by atoms with Crippen molar-refractivity contribution in [1.82, 2.24) is 10.9 Å². The maximum atomic E-state index is 12.8. The van der Waals surface area contributed by atoms with Crippen LogP contribution in [0.1, 0.15) is 104 Å². The summed E-state index contributed by atoms with van der Waals surface area (Å²) in [7, 11) is 0. The molecule has 14 atom stereocenters. The summed E-state index contributed by atoms with van der Waals surface area (Å²) in [5.41, 5.74) is 8.47. The Bertz CT molecular complexity index is 2310. The highest BCUT2D eigenvalue weighted by atomic mass is 16.7.